The normalized spacial score (nSPS) is 10.4. The fourth-order valence-electron chi connectivity index (χ4n) is 1.65. The van der Waals surface area contributed by atoms with Gasteiger partial charge in [0.05, 0.1) is 5.69 Å². The van der Waals surface area contributed by atoms with Crippen molar-refractivity contribution in [3.63, 3.8) is 0 Å². The first-order chi connectivity index (χ1) is 7.59. The zero-order valence-electron chi connectivity index (χ0n) is 9.16. The van der Waals surface area contributed by atoms with E-state index in [0.717, 1.165) is 11.1 Å². The molecule has 1 aromatic heterocycles. The van der Waals surface area contributed by atoms with Gasteiger partial charge in [0.25, 0.3) is 0 Å². The largest absolute Gasteiger partial charge is 0.382 e. The number of anilines is 1. The summed E-state index contributed by atoms with van der Waals surface area (Å²) in [6, 6.07) is 6.11. The van der Waals surface area contributed by atoms with E-state index in [1.54, 1.807) is 0 Å². The van der Waals surface area contributed by atoms with Crippen LogP contribution in [0.3, 0.4) is 0 Å². The molecule has 0 amide bonds. The summed E-state index contributed by atoms with van der Waals surface area (Å²) in [6.07, 6.45) is 1.43. The SMILES string of the molecule is Cc1ccc(-c2ncnc(N)c2Cl)c(C)c1. The standard InChI is InChI=1S/C12H12ClN3/c1-7-3-4-9(8(2)5-7)11-10(13)12(14)16-6-15-11/h3-6H,1-2H3,(H2,14,15,16). The molecule has 2 aromatic rings. The molecule has 0 fully saturated rings. The van der Waals surface area contributed by atoms with Crippen LogP contribution >= 0.6 is 11.6 Å². The van der Waals surface area contributed by atoms with Gasteiger partial charge in [0.1, 0.15) is 17.2 Å². The van der Waals surface area contributed by atoms with E-state index in [1.165, 1.54) is 11.9 Å². The molecule has 82 valence electrons. The summed E-state index contributed by atoms with van der Waals surface area (Å²) in [5.41, 5.74) is 9.66. The predicted molar refractivity (Wildman–Crippen MR) is 66.4 cm³/mol. The van der Waals surface area contributed by atoms with Gasteiger partial charge in [-0.2, -0.15) is 0 Å². The minimum absolute atomic E-state index is 0.312. The highest BCUT2D eigenvalue weighted by Crippen LogP contribution is 2.30. The summed E-state index contributed by atoms with van der Waals surface area (Å²) in [5.74, 6) is 0.312. The van der Waals surface area contributed by atoms with Gasteiger partial charge in [0, 0.05) is 5.56 Å². The Morgan fingerprint density at radius 1 is 1.19 bits per heavy atom. The smallest absolute Gasteiger partial charge is 0.146 e. The first-order valence-corrected chi connectivity index (χ1v) is 5.31. The lowest BCUT2D eigenvalue weighted by Crippen LogP contribution is -1.96. The van der Waals surface area contributed by atoms with Crippen molar-refractivity contribution in [1.82, 2.24) is 9.97 Å². The number of nitrogens with two attached hydrogens (primary N) is 1. The van der Waals surface area contributed by atoms with E-state index in [9.17, 15) is 0 Å². The van der Waals surface area contributed by atoms with E-state index in [1.807, 2.05) is 26.0 Å². The van der Waals surface area contributed by atoms with Crippen molar-refractivity contribution in [2.24, 2.45) is 0 Å². The van der Waals surface area contributed by atoms with E-state index in [4.69, 9.17) is 17.3 Å². The van der Waals surface area contributed by atoms with E-state index in [2.05, 4.69) is 16.0 Å². The number of nitrogens with zero attached hydrogens (tertiary/aromatic N) is 2. The number of aromatic nitrogens is 2. The molecule has 2 N–H and O–H groups in total. The van der Waals surface area contributed by atoms with Crippen LogP contribution in [0.15, 0.2) is 24.5 Å². The number of halogens is 1. The average Bonchev–Trinajstić information content (AvgIpc) is 2.23. The number of aryl methyl sites for hydroxylation is 2. The zero-order chi connectivity index (χ0) is 11.7. The van der Waals surface area contributed by atoms with Gasteiger partial charge in [0.2, 0.25) is 0 Å². The van der Waals surface area contributed by atoms with Crippen molar-refractivity contribution >= 4 is 17.4 Å². The van der Waals surface area contributed by atoms with Crippen LogP contribution in [0.5, 0.6) is 0 Å². The first kappa shape index (κ1) is 10.9. The number of nitrogen functional groups attached to an aromatic ring is 1. The summed E-state index contributed by atoms with van der Waals surface area (Å²) < 4.78 is 0. The maximum absolute atomic E-state index is 6.09. The summed E-state index contributed by atoms with van der Waals surface area (Å²) in [4.78, 5) is 8.02. The Morgan fingerprint density at radius 2 is 1.94 bits per heavy atom. The Bertz CT molecular complexity index is 538. The second kappa shape index (κ2) is 4.10. The molecule has 0 bridgehead atoms. The molecular weight excluding hydrogens is 222 g/mol. The number of hydrogen-bond donors (Lipinski definition) is 1. The molecule has 1 heterocycles. The molecule has 0 aliphatic rings. The fraction of sp³-hybridized carbons (Fsp3) is 0.167. The van der Waals surface area contributed by atoms with Gasteiger partial charge in [-0.25, -0.2) is 9.97 Å². The lowest BCUT2D eigenvalue weighted by atomic mass is 10.0. The third-order valence-electron chi connectivity index (χ3n) is 2.45. The van der Waals surface area contributed by atoms with Crippen LogP contribution in [0.25, 0.3) is 11.3 Å². The highest BCUT2D eigenvalue weighted by molar-refractivity contribution is 6.35. The van der Waals surface area contributed by atoms with Crippen LogP contribution < -0.4 is 5.73 Å². The van der Waals surface area contributed by atoms with Gasteiger partial charge in [-0.05, 0) is 19.4 Å². The number of benzene rings is 1. The van der Waals surface area contributed by atoms with Crippen LogP contribution in [0.4, 0.5) is 5.82 Å². The average molecular weight is 234 g/mol. The molecular formula is C12H12ClN3. The summed E-state index contributed by atoms with van der Waals surface area (Å²) in [5, 5.41) is 0.412. The van der Waals surface area contributed by atoms with Crippen LogP contribution in [0.2, 0.25) is 5.02 Å². The van der Waals surface area contributed by atoms with E-state index < -0.39 is 0 Å². The first-order valence-electron chi connectivity index (χ1n) is 4.93. The second-order valence-corrected chi connectivity index (χ2v) is 4.12. The molecule has 0 radical (unpaired) electrons. The lowest BCUT2D eigenvalue weighted by Gasteiger charge is -2.08. The summed E-state index contributed by atoms with van der Waals surface area (Å²) >= 11 is 6.09. The molecule has 0 spiro atoms. The summed E-state index contributed by atoms with van der Waals surface area (Å²) in [7, 11) is 0. The van der Waals surface area contributed by atoms with Crippen molar-refractivity contribution in [3.05, 3.63) is 40.7 Å². The van der Waals surface area contributed by atoms with Crippen molar-refractivity contribution in [2.75, 3.05) is 5.73 Å². The molecule has 0 saturated heterocycles. The molecule has 4 heteroatoms. The Balaban J connectivity index is 2.63. The molecule has 2 rings (SSSR count). The monoisotopic (exact) mass is 233 g/mol. The molecule has 0 atom stereocenters. The van der Waals surface area contributed by atoms with Gasteiger partial charge >= 0.3 is 0 Å². The van der Waals surface area contributed by atoms with Gasteiger partial charge in [-0.1, -0.05) is 35.4 Å². The van der Waals surface area contributed by atoms with Gasteiger partial charge in [-0.15, -0.1) is 0 Å². The number of hydrogen-bond acceptors (Lipinski definition) is 3. The van der Waals surface area contributed by atoms with Crippen LogP contribution in [-0.4, -0.2) is 9.97 Å². The Morgan fingerprint density at radius 3 is 2.62 bits per heavy atom. The molecule has 3 nitrogen and oxygen atoms in total. The third kappa shape index (κ3) is 1.86. The third-order valence-corrected chi connectivity index (χ3v) is 2.83. The van der Waals surface area contributed by atoms with Crippen molar-refractivity contribution < 1.29 is 0 Å². The molecule has 0 unspecified atom stereocenters. The Labute approximate surface area is 99.3 Å². The van der Waals surface area contributed by atoms with Gasteiger partial charge in [-0.3, -0.25) is 0 Å². The maximum atomic E-state index is 6.09. The minimum atomic E-state index is 0.312. The lowest BCUT2D eigenvalue weighted by molar-refractivity contribution is 1.17. The predicted octanol–water partition coefficient (Wildman–Crippen LogP) is 3.00. The Hall–Kier alpha value is -1.61. The van der Waals surface area contributed by atoms with Crippen LogP contribution in [0, 0.1) is 13.8 Å². The van der Waals surface area contributed by atoms with Crippen molar-refractivity contribution in [3.8, 4) is 11.3 Å². The number of rotatable bonds is 1. The van der Waals surface area contributed by atoms with E-state index >= 15 is 0 Å². The topological polar surface area (TPSA) is 51.8 Å². The highest BCUT2D eigenvalue weighted by Gasteiger charge is 2.10. The quantitative estimate of drug-likeness (QED) is 0.824. The fourth-order valence-corrected chi connectivity index (χ4v) is 1.85. The van der Waals surface area contributed by atoms with Crippen molar-refractivity contribution in [2.45, 2.75) is 13.8 Å². The second-order valence-electron chi connectivity index (χ2n) is 3.74. The van der Waals surface area contributed by atoms with Gasteiger partial charge < -0.3 is 5.73 Å². The molecule has 0 aliphatic carbocycles. The molecule has 16 heavy (non-hydrogen) atoms. The minimum Gasteiger partial charge on any atom is -0.382 e. The zero-order valence-corrected chi connectivity index (χ0v) is 9.92. The highest BCUT2D eigenvalue weighted by atomic mass is 35.5. The van der Waals surface area contributed by atoms with Gasteiger partial charge in [0.15, 0.2) is 0 Å². The van der Waals surface area contributed by atoms with Crippen LogP contribution in [-0.2, 0) is 0 Å². The maximum Gasteiger partial charge on any atom is 0.146 e. The molecule has 0 aliphatic heterocycles. The van der Waals surface area contributed by atoms with E-state index in [0.29, 0.717) is 16.5 Å². The van der Waals surface area contributed by atoms with Crippen molar-refractivity contribution in [1.29, 1.82) is 0 Å². The molecule has 1 aromatic carbocycles. The van der Waals surface area contributed by atoms with Crippen LogP contribution in [0.1, 0.15) is 11.1 Å². The Kier molecular flexibility index (Phi) is 2.79. The summed E-state index contributed by atoms with van der Waals surface area (Å²) in [6.45, 7) is 4.07. The van der Waals surface area contributed by atoms with E-state index in [-0.39, 0.29) is 0 Å². The molecule has 0 saturated carbocycles.